The van der Waals surface area contributed by atoms with Crippen LogP contribution in [0.2, 0.25) is 0 Å². The highest BCUT2D eigenvalue weighted by atomic mass is 16.3. The van der Waals surface area contributed by atoms with Crippen molar-refractivity contribution in [3.8, 4) is 0 Å². The molecule has 0 fully saturated rings. The summed E-state index contributed by atoms with van der Waals surface area (Å²) in [4.78, 5) is 10.6. The Labute approximate surface area is 140 Å². The average Bonchev–Trinajstić information content (AvgIpc) is 3.13. The molecule has 2 heterocycles. The first-order valence-electron chi connectivity index (χ1n) is 7.79. The molecule has 0 aliphatic rings. The van der Waals surface area contributed by atoms with Gasteiger partial charge in [0.25, 0.3) is 0 Å². The molecule has 2 aromatic heterocycles. The Morgan fingerprint density at radius 3 is 1.92 bits per heavy atom. The van der Waals surface area contributed by atoms with Crippen LogP contribution in [0.25, 0.3) is 21.8 Å². The predicted molar refractivity (Wildman–Crippen MR) is 97.1 cm³/mol. The molecule has 0 atom stereocenters. The van der Waals surface area contributed by atoms with Crippen LogP contribution in [0.3, 0.4) is 0 Å². The van der Waals surface area contributed by atoms with Crippen LogP contribution in [0, 0.1) is 0 Å². The molecule has 0 radical (unpaired) electrons. The second-order valence-corrected chi connectivity index (χ2v) is 5.72. The van der Waals surface area contributed by atoms with Gasteiger partial charge in [0.2, 0.25) is 0 Å². The van der Waals surface area contributed by atoms with Crippen LogP contribution < -0.4 is 0 Å². The maximum atomic E-state index is 10.6. The smallest absolute Gasteiger partial charge is 0.166 e. The van der Waals surface area contributed by atoms with E-state index in [4.69, 9.17) is 5.11 Å². The lowest BCUT2D eigenvalue weighted by molar-refractivity contribution is 0.111. The monoisotopic (exact) mass is 320 g/mol. The zero-order chi connectivity index (χ0) is 17.1. The largest absolute Gasteiger partial charge is 0.390 e. The van der Waals surface area contributed by atoms with E-state index in [1.807, 2.05) is 71.8 Å². The quantitative estimate of drug-likeness (QED) is 0.573. The zero-order valence-electron chi connectivity index (χ0n) is 13.8. The Morgan fingerprint density at radius 1 is 0.875 bits per heavy atom. The van der Waals surface area contributed by atoms with Gasteiger partial charge in [0.05, 0.1) is 12.3 Å². The van der Waals surface area contributed by atoms with Gasteiger partial charge in [0, 0.05) is 36.2 Å². The van der Waals surface area contributed by atoms with E-state index in [0.717, 1.165) is 28.6 Å². The van der Waals surface area contributed by atoms with E-state index in [1.165, 1.54) is 10.9 Å². The summed E-state index contributed by atoms with van der Waals surface area (Å²) in [5, 5.41) is 11.3. The fraction of sp³-hybridized carbons (Fsp3) is 0.150. The number of hydrogen-bond acceptors (Lipinski definition) is 2. The van der Waals surface area contributed by atoms with Crippen LogP contribution in [0.5, 0.6) is 0 Å². The zero-order valence-corrected chi connectivity index (χ0v) is 13.8. The second-order valence-electron chi connectivity index (χ2n) is 5.72. The van der Waals surface area contributed by atoms with E-state index < -0.39 is 0 Å². The number of rotatable bonds is 2. The lowest BCUT2D eigenvalue weighted by atomic mass is 10.2. The van der Waals surface area contributed by atoms with E-state index in [-0.39, 0.29) is 6.61 Å². The van der Waals surface area contributed by atoms with Crippen LogP contribution in [0.1, 0.15) is 16.2 Å². The van der Waals surface area contributed by atoms with Gasteiger partial charge < -0.3 is 14.2 Å². The highest BCUT2D eigenvalue weighted by Crippen LogP contribution is 2.18. The number of carbonyl (C=O) groups excluding carboxylic acids is 1. The maximum absolute atomic E-state index is 10.6. The Kier molecular flexibility index (Phi) is 4.49. The molecule has 0 aliphatic heterocycles. The lowest BCUT2D eigenvalue weighted by Gasteiger charge is -1.98. The molecule has 0 amide bonds. The number of nitrogens with zero attached hydrogens (tertiary/aromatic N) is 2. The normalized spacial score (nSPS) is 10.6. The van der Waals surface area contributed by atoms with Crippen molar-refractivity contribution in [1.29, 1.82) is 0 Å². The highest BCUT2D eigenvalue weighted by molar-refractivity contribution is 5.88. The Hall–Kier alpha value is -2.85. The summed E-state index contributed by atoms with van der Waals surface area (Å²) >= 11 is 0. The SMILES string of the molecule is Cn1c(C=O)cc2ccccc21.Cn1c(CO)cc2ccccc21. The molecule has 0 aliphatic carbocycles. The van der Waals surface area contributed by atoms with Crippen molar-refractivity contribution in [2.24, 2.45) is 14.1 Å². The van der Waals surface area contributed by atoms with E-state index >= 15 is 0 Å². The van der Waals surface area contributed by atoms with Crippen molar-refractivity contribution in [2.75, 3.05) is 0 Å². The van der Waals surface area contributed by atoms with E-state index in [1.54, 1.807) is 0 Å². The van der Waals surface area contributed by atoms with Crippen LogP contribution in [-0.2, 0) is 20.7 Å². The minimum atomic E-state index is 0.102. The minimum absolute atomic E-state index is 0.102. The fourth-order valence-corrected chi connectivity index (χ4v) is 2.92. The molecule has 4 rings (SSSR count). The molecular formula is C20H20N2O2. The molecule has 0 bridgehead atoms. The van der Waals surface area contributed by atoms with Crippen molar-refractivity contribution in [3.05, 3.63) is 72.1 Å². The van der Waals surface area contributed by atoms with Crippen LogP contribution >= 0.6 is 0 Å². The third kappa shape index (κ3) is 2.84. The van der Waals surface area contributed by atoms with E-state index in [2.05, 4.69) is 12.1 Å². The van der Waals surface area contributed by atoms with Crippen LogP contribution in [-0.4, -0.2) is 20.5 Å². The molecule has 2 aromatic carbocycles. The molecule has 1 N–H and O–H groups in total. The van der Waals surface area contributed by atoms with Gasteiger partial charge in [0.1, 0.15) is 0 Å². The molecule has 0 saturated carbocycles. The molecule has 4 aromatic rings. The van der Waals surface area contributed by atoms with Crippen molar-refractivity contribution in [3.63, 3.8) is 0 Å². The number of aromatic nitrogens is 2. The number of para-hydroxylation sites is 2. The maximum Gasteiger partial charge on any atom is 0.166 e. The summed E-state index contributed by atoms with van der Waals surface area (Å²) in [7, 11) is 3.86. The molecule has 0 saturated heterocycles. The molecule has 4 nitrogen and oxygen atoms in total. The van der Waals surface area contributed by atoms with Gasteiger partial charge in [-0.1, -0.05) is 36.4 Å². The summed E-state index contributed by atoms with van der Waals surface area (Å²) in [5.41, 5.74) is 3.94. The third-order valence-electron chi connectivity index (χ3n) is 4.32. The Morgan fingerprint density at radius 2 is 1.42 bits per heavy atom. The Bertz CT molecular complexity index is 995. The number of fused-ring (bicyclic) bond motifs is 2. The van der Waals surface area contributed by atoms with Crippen molar-refractivity contribution >= 4 is 28.1 Å². The minimum Gasteiger partial charge on any atom is -0.390 e. The number of aliphatic hydroxyl groups is 1. The number of aliphatic hydroxyl groups excluding tert-OH is 1. The van der Waals surface area contributed by atoms with Crippen molar-refractivity contribution in [2.45, 2.75) is 6.61 Å². The van der Waals surface area contributed by atoms with Gasteiger partial charge in [-0.3, -0.25) is 4.79 Å². The van der Waals surface area contributed by atoms with Gasteiger partial charge in [-0.15, -0.1) is 0 Å². The molecular weight excluding hydrogens is 300 g/mol. The highest BCUT2D eigenvalue weighted by Gasteiger charge is 2.02. The molecule has 0 spiro atoms. The van der Waals surface area contributed by atoms with Crippen molar-refractivity contribution < 1.29 is 9.90 Å². The summed E-state index contributed by atoms with van der Waals surface area (Å²) in [6, 6.07) is 20.0. The number of aryl methyl sites for hydroxylation is 2. The van der Waals surface area contributed by atoms with Crippen LogP contribution in [0.4, 0.5) is 0 Å². The van der Waals surface area contributed by atoms with Gasteiger partial charge in [-0.05, 0) is 29.7 Å². The first kappa shape index (κ1) is 16.0. The number of hydrogen-bond donors (Lipinski definition) is 1. The molecule has 24 heavy (non-hydrogen) atoms. The summed E-state index contributed by atoms with van der Waals surface area (Å²) in [6.45, 7) is 0.102. The second kappa shape index (κ2) is 6.72. The van der Waals surface area contributed by atoms with E-state index in [0.29, 0.717) is 0 Å². The summed E-state index contributed by atoms with van der Waals surface area (Å²) in [6.07, 6.45) is 0.875. The summed E-state index contributed by atoms with van der Waals surface area (Å²) in [5.74, 6) is 0. The van der Waals surface area contributed by atoms with E-state index in [9.17, 15) is 4.79 Å². The van der Waals surface area contributed by atoms with Crippen LogP contribution in [0.15, 0.2) is 60.7 Å². The fourth-order valence-electron chi connectivity index (χ4n) is 2.92. The third-order valence-corrected chi connectivity index (χ3v) is 4.32. The van der Waals surface area contributed by atoms with Gasteiger partial charge in [-0.2, -0.15) is 0 Å². The Balaban J connectivity index is 0.000000141. The predicted octanol–water partition coefficient (Wildman–Crippen LogP) is 3.66. The molecule has 122 valence electrons. The van der Waals surface area contributed by atoms with Crippen molar-refractivity contribution in [1.82, 2.24) is 9.13 Å². The topological polar surface area (TPSA) is 47.2 Å². The lowest BCUT2D eigenvalue weighted by Crippen LogP contribution is -1.94. The van der Waals surface area contributed by atoms with Gasteiger partial charge in [-0.25, -0.2) is 0 Å². The number of aldehydes is 1. The first-order chi connectivity index (χ1) is 11.7. The standard InChI is InChI=1S/C10H11NO.C10H9NO/c2*1-11-9(7-12)6-8-4-2-3-5-10(8)11/h2-6,12H,7H2,1H3;2-7H,1H3. The van der Waals surface area contributed by atoms with Gasteiger partial charge >= 0.3 is 0 Å². The number of carbonyl (C=O) groups is 1. The first-order valence-corrected chi connectivity index (χ1v) is 7.79. The average molecular weight is 320 g/mol. The molecule has 4 heteroatoms. The van der Waals surface area contributed by atoms with Gasteiger partial charge in [0.15, 0.2) is 6.29 Å². The molecule has 0 unspecified atom stereocenters. The summed E-state index contributed by atoms with van der Waals surface area (Å²) < 4.78 is 3.90. The number of benzene rings is 2.